The average molecular weight is 412 g/mol. The average Bonchev–Trinajstić information content (AvgIpc) is 2.61. The van der Waals surface area contributed by atoms with Gasteiger partial charge in [0, 0.05) is 10.6 Å². The monoisotopic (exact) mass is 411 g/mol. The molecule has 1 atom stereocenters. The van der Waals surface area contributed by atoms with E-state index in [0.29, 0.717) is 11.8 Å². The number of thioether (sulfide) groups is 1. The van der Waals surface area contributed by atoms with Crippen molar-refractivity contribution in [2.24, 2.45) is 11.8 Å². The molecular weight excluding hydrogens is 370 g/mol. The summed E-state index contributed by atoms with van der Waals surface area (Å²) in [5, 5.41) is 1.09. The van der Waals surface area contributed by atoms with Crippen molar-refractivity contribution in [2.75, 3.05) is 0 Å². The Hall–Kier alpha value is -1.28. The number of hydrogen-bond acceptors (Lipinski definition) is 2. The Morgan fingerprint density at radius 3 is 2.62 bits per heavy atom. The fraction of sp³-hybridized carbons (Fsp3) is 0.593. The quantitative estimate of drug-likeness (QED) is 0.251. The van der Waals surface area contributed by atoms with Crippen LogP contribution in [0, 0.1) is 18.8 Å². The summed E-state index contributed by atoms with van der Waals surface area (Å²) in [6.45, 7) is 15.3. The van der Waals surface area contributed by atoms with E-state index in [1.165, 1.54) is 62.5 Å². The molecule has 2 rings (SSSR count). The van der Waals surface area contributed by atoms with Crippen molar-refractivity contribution in [3.8, 4) is 0 Å². The van der Waals surface area contributed by atoms with Gasteiger partial charge >= 0.3 is 0 Å². The minimum absolute atomic E-state index is 0.495. The number of pyridine rings is 1. The van der Waals surface area contributed by atoms with Crippen molar-refractivity contribution in [1.29, 1.82) is 0 Å². The van der Waals surface area contributed by atoms with E-state index in [1.54, 1.807) is 11.8 Å². The molecule has 29 heavy (non-hydrogen) atoms. The van der Waals surface area contributed by atoms with Gasteiger partial charge in [-0.3, -0.25) is 0 Å². The summed E-state index contributed by atoms with van der Waals surface area (Å²) >= 11 is 1.70. The summed E-state index contributed by atoms with van der Waals surface area (Å²) in [7, 11) is 0. The third kappa shape index (κ3) is 8.16. The summed E-state index contributed by atoms with van der Waals surface area (Å²) in [6.07, 6.45) is 17.5. The Balaban J connectivity index is 2.09. The highest BCUT2D eigenvalue weighted by molar-refractivity contribution is 8.03. The van der Waals surface area contributed by atoms with Gasteiger partial charge in [-0.25, -0.2) is 4.98 Å². The molecule has 0 amide bonds. The standard InChI is InChI=1S/C27H41NS/c1-7-11-24(16-10-15-23-13-9-14-23)26-17-21(5)28-27(19-26)29-22(6)18-25(12-8-2)20(3)4/h8,12,17-20,23-24H,6-7,9-11,13-16H2,1-5H3/b12-8-,25-18+. The zero-order chi connectivity index (χ0) is 21.2. The smallest absolute Gasteiger partial charge is 0.101 e. The van der Waals surface area contributed by atoms with Gasteiger partial charge in [-0.1, -0.05) is 89.8 Å². The molecule has 160 valence electrons. The van der Waals surface area contributed by atoms with Crippen molar-refractivity contribution in [3.63, 3.8) is 0 Å². The van der Waals surface area contributed by atoms with Crippen LogP contribution in [-0.4, -0.2) is 4.98 Å². The van der Waals surface area contributed by atoms with Crippen LogP contribution in [0.1, 0.15) is 96.2 Å². The second kappa shape index (κ2) is 12.4. The lowest BCUT2D eigenvalue weighted by Gasteiger charge is -2.26. The molecule has 1 unspecified atom stereocenters. The zero-order valence-corrected chi connectivity index (χ0v) is 20.2. The largest absolute Gasteiger partial charge is 0.246 e. The predicted molar refractivity (Wildman–Crippen MR) is 131 cm³/mol. The maximum absolute atomic E-state index is 4.80. The molecule has 1 heterocycles. The van der Waals surface area contributed by atoms with Crippen molar-refractivity contribution in [3.05, 3.63) is 58.7 Å². The molecule has 0 aromatic carbocycles. The molecule has 1 aromatic heterocycles. The van der Waals surface area contributed by atoms with Crippen LogP contribution in [0.15, 0.2) is 52.4 Å². The molecule has 2 heteroatoms. The lowest BCUT2D eigenvalue weighted by atomic mass is 9.80. The highest BCUT2D eigenvalue weighted by Crippen LogP contribution is 2.35. The Bertz CT molecular complexity index is 709. The third-order valence-electron chi connectivity index (χ3n) is 6.04. The van der Waals surface area contributed by atoms with Crippen molar-refractivity contribution >= 4 is 11.8 Å². The van der Waals surface area contributed by atoms with Gasteiger partial charge in [-0.15, -0.1) is 0 Å². The fourth-order valence-electron chi connectivity index (χ4n) is 4.16. The van der Waals surface area contributed by atoms with Gasteiger partial charge in [0.1, 0.15) is 5.03 Å². The van der Waals surface area contributed by atoms with Gasteiger partial charge in [-0.05, 0) is 73.8 Å². The van der Waals surface area contributed by atoms with Crippen molar-refractivity contribution in [2.45, 2.75) is 96.9 Å². The van der Waals surface area contributed by atoms with Crippen LogP contribution in [0.2, 0.25) is 0 Å². The van der Waals surface area contributed by atoms with Gasteiger partial charge < -0.3 is 0 Å². The first kappa shape index (κ1) is 24.0. The second-order valence-electron chi connectivity index (χ2n) is 8.96. The summed E-state index contributed by atoms with van der Waals surface area (Å²) in [5.41, 5.74) is 3.92. The van der Waals surface area contributed by atoms with Crippen LogP contribution >= 0.6 is 11.8 Å². The van der Waals surface area contributed by atoms with Crippen LogP contribution in [0.25, 0.3) is 0 Å². The number of aryl methyl sites for hydroxylation is 1. The lowest BCUT2D eigenvalue weighted by molar-refractivity contribution is 0.283. The molecule has 0 spiro atoms. The van der Waals surface area contributed by atoms with Crippen LogP contribution in [0.4, 0.5) is 0 Å². The highest BCUT2D eigenvalue weighted by atomic mass is 32.2. The van der Waals surface area contributed by atoms with E-state index in [9.17, 15) is 0 Å². The van der Waals surface area contributed by atoms with E-state index in [4.69, 9.17) is 4.98 Å². The Morgan fingerprint density at radius 2 is 2.03 bits per heavy atom. The SMILES string of the molecule is C=C(/C=C(\C=C/C)C(C)C)Sc1cc(C(CCC)CCCC2CCC2)cc(C)n1. The Morgan fingerprint density at radius 1 is 1.28 bits per heavy atom. The summed E-state index contributed by atoms with van der Waals surface area (Å²) in [5.74, 6) is 2.18. The summed E-state index contributed by atoms with van der Waals surface area (Å²) in [6, 6.07) is 4.64. The topological polar surface area (TPSA) is 12.9 Å². The first-order chi connectivity index (χ1) is 13.9. The Labute approximate surface area is 184 Å². The lowest BCUT2D eigenvalue weighted by Crippen LogP contribution is -2.11. The van der Waals surface area contributed by atoms with Crippen LogP contribution in [-0.2, 0) is 0 Å². The molecule has 1 nitrogen and oxygen atoms in total. The van der Waals surface area contributed by atoms with E-state index < -0.39 is 0 Å². The number of rotatable bonds is 12. The first-order valence-electron chi connectivity index (χ1n) is 11.6. The highest BCUT2D eigenvalue weighted by Gasteiger charge is 2.19. The van der Waals surface area contributed by atoms with Gasteiger partial charge in [-0.2, -0.15) is 0 Å². The third-order valence-corrected chi connectivity index (χ3v) is 6.84. The van der Waals surface area contributed by atoms with Crippen LogP contribution in [0.5, 0.6) is 0 Å². The van der Waals surface area contributed by atoms with E-state index in [2.05, 4.69) is 71.6 Å². The number of hydrogen-bond donors (Lipinski definition) is 0. The normalized spacial score (nSPS) is 16.4. The molecular formula is C27H41NS. The van der Waals surface area contributed by atoms with Crippen molar-refractivity contribution < 1.29 is 0 Å². The predicted octanol–water partition coefficient (Wildman–Crippen LogP) is 9.01. The molecule has 0 saturated heterocycles. The number of aromatic nitrogens is 1. The second-order valence-corrected chi connectivity index (χ2v) is 10.1. The van der Waals surface area contributed by atoms with Gasteiger partial charge in [0.2, 0.25) is 0 Å². The van der Waals surface area contributed by atoms with E-state index in [0.717, 1.165) is 21.5 Å². The molecule has 1 aromatic rings. The van der Waals surface area contributed by atoms with E-state index in [1.807, 2.05) is 0 Å². The number of allylic oxidation sites excluding steroid dienone is 4. The Kier molecular flexibility index (Phi) is 10.3. The minimum Gasteiger partial charge on any atom is -0.246 e. The van der Waals surface area contributed by atoms with Gasteiger partial charge in [0.15, 0.2) is 0 Å². The van der Waals surface area contributed by atoms with Gasteiger partial charge in [0.25, 0.3) is 0 Å². The van der Waals surface area contributed by atoms with Crippen LogP contribution in [0.3, 0.4) is 0 Å². The zero-order valence-electron chi connectivity index (χ0n) is 19.3. The molecule has 1 aliphatic rings. The molecule has 0 N–H and O–H groups in total. The van der Waals surface area contributed by atoms with E-state index >= 15 is 0 Å². The van der Waals surface area contributed by atoms with Crippen LogP contribution < -0.4 is 0 Å². The first-order valence-corrected chi connectivity index (χ1v) is 12.4. The van der Waals surface area contributed by atoms with E-state index in [-0.39, 0.29) is 0 Å². The molecule has 1 fully saturated rings. The summed E-state index contributed by atoms with van der Waals surface area (Å²) < 4.78 is 0. The van der Waals surface area contributed by atoms with Crippen molar-refractivity contribution in [1.82, 2.24) is 4.98 Å². The minimum atomic E-state index is 0.495. The summed E-state index contributed by atoms with van der Waals surface area (Å²) in [4.78, 5) is 5.86. The molecule has 0 bridgehead atoms. The fourth-order valence-corrected chi connectivity index (χ4v) is 5.01. The molecule has 0 aliphatic heterocycles. The maximum Gasteiger partial charge on any atom is 0.101 e. The molecule has 1 aliphatic carbocycles. The maximum atomic E-state index is 4.80. The number of nitrogens with zero attached hydrogens (tertiary/aromatic N) is 1. The van der Waals surface area contributed by atoms with Gasteiger partial charge in [0.05, 0.1) is 0 Å². The molecule has 0 radical (unpaired) electrons. The molecule has 1 saturated carbocycles.